The first kappa shape index (κ1) is 39.2. The van der Waals surface area contributed by atoms with E-state index in [0.29, 0.717) is 0 Å². The van der Waals surface area contributed by atoms with Crippen molar-refractivity contribution in [3.8, 4) is 22.6 Å². The van der Waals surface area contributed by atoms with Crippen molar-refractivity contribution >= 4 is 67.8 Å². The number of nitrogens with zero attached hydrogens (tertiary/aromatic N) is 1. The van der Waals surface area contributed by atoms with Crippen molar-refractivity contribution in [1.29, 1.82) is 0 Å². The standard InChI is InChI=1S/C59H53NO2Si/c1-57(2,3)38-30-32-49-53(34-38)63(41-20-11-9-12-21-41,42-22-13-10-14-23-42)54-35-39(58(4,5)6)31-33-50(54)60(49)40-36-45-43-24-15-17-28-51(43)61-55(45)46(37-40)44-25-19-27-48-56(44)62-52-29-18-16-26-47(52)59(48,7)8/h9-37H,1-8H3. The highest BCUT2D eigenvalue weighted by Crippen LogP contribution is 2.53. The van der Waals surface area contributed by atoms with Crippen molar-refractivity contribution in [2.24, 2.45) is 0 Å². The summed E-state index contributed by atoms with van der Waals surface area (Å²) in [5.74, 6) is 1.77. The molecule has 4 heteroatoms. The van der Waals surface area contributed by atoms with Crippen molar-refractivity contribution in [3.05, 3.63) is 198 Å². The molecule has 0 amide bonds. The minimum Gasteiger partial charge on any atom is -0.456 e. The van der Waals surface area contributed by atoms with E-state index in [1.807, 2.05) is 0 Å². The smallest absolute Gasteiger partial charge is 0.184 e. The van der Waals surface area contributed by atoms with Crippen LogP contribution in [0.1, 0.15) is 77.6 Å². The zero-order valence-corrected chi connectivity index (χ0v) is 38.5. The van der Waals surface area contributed by atoms with Gasteiger partial charge in [-0.15, -0.1) is 0 Å². The maximum absolute atomic E-state index is 6.99. The molecular weight excluding hydrogens is 783 g/mol. The van der Waals surface area contributed by atoms with E-state index in [1.54, 1.807) is 0 Å². The van der Waals surface area contributed by atoms with Crippen LogP contribution in [0.3, 0.4) is 0 Å². The molecule has 3 heterocycles. The third-order valence-corrected chi connectivity index (χ3v) is 18.7. The number of fused-ring (bicyclic) bond motifs is 7. The quantitative estimate of drug-likeness (QED) is 0.165. The fourth-order valence-electron chi connectivity index (χ4n) is 10.5. The highest BCUT2D eigenvalue weighted by Gasteiger charge is 2.50. The average Bonchev–Trinajstić information content (AvgIpc) is 3.66. The zero-order chi connectivity index (χ0) is 43.5. The van der Waals surface area contributed by atoms with Gasteiger partial charge in [0.25, 0.3) is 0 Å². The molecule has 0 atom stereocenters. The van der Waals surface area contributed by atoms with Gasteiger partial charge in [0.05, 0.1) is 0 Å². The lowest BCUT2D eigenvalue weighted by atomic mass is 9.75. The van der Waals surface area contributed by atoms with Crippen LogP contribution >= 0.6 is 0 Å². The first-order valence-electron chi connectivity index (χ1n) is 22.3. The second kappa shape index (κ2) is 13.9. The first-order chi connectivity index (χ1) is 30.3. The van der Waals surface area contributed by atoms with Crippen LogP contribution in [-0.4, -0.2) is 8.07 Å². The Kier molecular flexibility index (Phi) is 8.68. The van der Waals surface area contributed by atoms with Gasteiger partial charge in [-0.3, -0.25) is 0 Å². The van der Waals surface area contributed by atoms with Crippen LogP contribution in [0, 0.1) is 0 Å². The van der Waals surface area contributed by atoms with E-state index in [-0.39, 0.29) is 16.2 Å². The lowest BCUT2D eigenvalue weighted by Gasteiger charge is -2.46. The maximum atomic E-state index is 6.99. The van der Waals surface area contributed by atoms with E-state index >= 15 is 0 Å². The normalized spacial score (nSPS) is 15.0. The third-order valence-electron chi connectivity index (χ3n) is 13.9. The summed E-state index contributed by atoms with van der Waals surface area (Å²) >= 11 is 0. The van der Waals surface area contributed by atoms with E-state index in [4.69, 9.17) is 9.15 Å². The second-order valence-electron chi connectivity index (χ2n) is 20.2. The number of para-hydroxylation sites is 3. The summed E-state index contributed by atoms with van der Waals surface area (Å²) in [6.45, 7) is 18.6. The molecule has 2 aliphatic heterocycles. The SMILES string of the molecule is CC(C)(C)c1ccc2c(c1)[Si](c1ccccc1)(c1ccccc1)c1cc(C(C)(C)C)ccc1N2c1cc(-c2cccc3c2Oc2ccccc2C3(C)C)c2oc3ccccc3c2c1. The second-order valence-corrected chi connectivity index (χ2v) is 23.9. The lowest BCUT2D eigenvalue weighted by molar-refractivity contribution is 0.419. The van der Waals surface area contributed by atoms with Gasteiger partial charge in [-0.1, -0.05) is 195 Å². The molecule has 0 unspecified atom stereocenters. The Balaban J connectivity index is 1.27. The Morgan fingerprint density at radius 3 is 1.67 bits per heavy atom. The molecular formula is C59H53NO2Si. The summed E-state index contributed by atoms with van der Waals surface area (Å²) in [6, 6.07) is 65.7. The molecule has 310 valence electrons. The molecule has 11 rings (SSSR count). The molecule has 0 N–H and O–H groups in total. The van der Waals surface area contributed by atoms with Crippen LogP contribution in [0.25, 0.3) is 33.1 Å². The molecule has 2 aliphatic rings. The van der Waals surface area contributed by atoms with Crippen LogP contribution in [0.5, 0.6) is 11.5 Å². The lowest BCUT2D eigenvalue weighted by Crippen LogP contribution is -2.77. The third kappa shape index (κ3) is 5.91. The van der Waals surface area contributed by atoms with Crippen molar-refractivity contribution in [2.75, 3.05) is 4.90 Å². The number of hydrogen-bond donors (Lipinski definition) is 0. The Bertz CT molecular complexity index is 3150. The van der Waals surface area contributed by atoms with Gasteiger partial charge in [0.2, 0.25) is 0 Å². The number of ether oxygens (including phenoxy) is 1. The fraction of sp³-hybridized carbons (Fsp3) is 0.186. The molecule has 8 aromatic carbocycles. The minimum absolute atomic E-state index is 0.0680. The van der Waals surface area contributed by atoms with Gasteiger partial charge in [-0.2, -0.15) is 0 Å². The summed E-state index contributed by atoms with van der Waals surface area (Å²) in [7, 11) is -2.98. The Hall–Kier alpha value is -6.62. The van der Waals surface area contributed by atoms with Gasteiger partial charge in [-0.25, -0.2) is 0 Å². The molecule has 0 radical (unpaired) electrons. The molecule has 3 nitrogen and oxygen atoms in total. The Labute approximate surface area is 372 Å². The highest BCUT2D eigenvalue weighted by atomic mass is 28.3. The Morgan fingerprint density at radius 1 is 0.492 bits per heavy atom. The van der Waals surface area contributed by atoms with Gasteiger partial charge in [0.15, 0.2) is 8.07 Å². The number of hydrogen-bond acceptors (Lipinski definition) is 3. The van der Waals surface area contributed by atoms with Crippen LogP contribution in [-0.2, 0) is 16.2 Å². The first-order valence-corrected chi connectivity index (χ1v) is 24.3. The minimum atomic E-state index is -2.98. The molecule has 0 aliphatic carbocycles. The van der Waals surface area contributed by atoms with Crippen molar-refractivity contribution in [1.82, 2.24) is 0 Å². The molecule has 0 spiro atoms. The summed E-state index contributed by atoms with van der Waals surface area (Å²) in [4.78, 5) is 2.56. The summed E-state index contributed by atoms with van der Waals surface area (Å²) in [5.41, 5.74) is 11.8. The summed E-state index contributed by atoms with van der Waals surface area (Å²) < 4.78 is 13.9. The maximum Gasteiger partial charge on any atom is 0.184 e. The number of benzene rings is 8. The van der Waals surface area contributed by atoms with Gasteiger partial charge in [-0.05, 0) is 79.1 Å². The number of anilines is 3. The molecule has 0 fully saturated rings. The van der Waals surface area contributed by atoms with E-state index in [0.717, 1.165) is 55.8 Å². The zero-order valence-electron chi connectivity index (χ0n) is 37.5. The predicted molar refractivity (Wildman–Crippen MR) is 267 cm³/mol. The molecule has 63 heavy (non-hydrogen) atoms. The van der Waals surface area contributed by atoms with Crippen molar-refractivity contribution < 1.29 is 9.15 Å². The van der Waals surface area contributed by atoms with E-state index in [1.165, 1.54) is 48.8 Å². The van der Waals surface area contributed by atoms with E-state index in [2.05, 4.69) is 236 Å². The van der Waals surface area contributed by atoms with Crippen molar-refractivity contribution in [3.63, 3.8) is 0 Å². The average molecular weight is 836 g/mol. The molecule has 0 saturated carbocycles. The van der Waals surface area contributed by atoms with Crippen LogP contribution in [0.4, 0.5) is 17.1 Å². The number of rotatable bonds is 4. The van der Waals surface area contributed by atoms with Crippen molar-refractivity contribution in [2.45, 2.75) is 71.6 Å². The van der Waals surface area contributed by atoms with Gasteiger partial charge < -0.3 is 14.1 Å². The van der Waals surface area contributed by atoms with Crippen LogP contribution in [0.15, 0.2) is 180 Å². The Morgan fingerprint density at radius 2 is 1.05 bits per heavy atom. The van der Waals surface area contributed by atoms with E-state index in [9.17, 15) is 0 Å². The predicted octanol–water partition coefficient (Wildman–Crippen LogP) is 13.4. The highest BCUT2D eigenvalue weighted by molar-refractivity contribution is 7.21. The summed E-state index contributed by atoms with van der Waals surface area (Å²) in [5, 5.41) is 7.71. The molecule has 0 saturated heterocycles. The topological polar surface area (TPSA) is 25.6 Å². The van der Waals surface area contributed by atoms with Gasteiger partial charge >= 0.3 is 0 Å². The molecule has 0 bridgehead atoms. The van der Waals surface area contributed by atoms with E-state index < -0.39 is 8.07 Å². The van der Waals surface area contributed by atoms with Gasteiger partial charge in [0.1, 0.15) is 22.7 Å². The monoisotopic (exact) mass is 835 g/mol. The molecule has 9 aromatic rings. The molecule has 1 aromatic heterocycles. The van der Waals surface area contributed by atoms with Gasteiger partial charge in [0, 0.05) is 55.5 Å². The fourth-order valence-corrected chi connectivity index (χ4v) is 15.7. The number of furan rings is 1. The summed E-state index contributed by atoms with van der Waals surface area (Å²) in [6.07, 6.45) is 0. The van der Waals surface area contributed by atoms with Crippen LogP contribution < -0.4 is 30.4 Å². The van der Waals surface area contributed by atoms with Crippen LogP contribution in [0.2, 0.25) is 0 Å². The largest absolute Gasteiger partial charge is 0.456 e.